The first-order valence-electron chi connectivity index (χ1n) is 7.80. The quantitative estimate of drug-likeness (QED) is 0.776. The number of phenols is 1. The minimum atomic E-state index is -0.504. The number of nitrogens with zero attached hydrogens (tertiary/aromatic N) is 1. The molecule has 120 valence electrons. The zero-order valence-corrected chi connectivity index (χ0v) is 14.7. The molecule has 2 N–H and O–H groups in total. The molecule has 1 aromatic carbocycles. The Bertz CT molecular complexity index is 638. The molecule has 22 heavy (non-hydrogen) atoms. The van der Waals surface area contributed by atoms with Crippen LogP contribution in [0.3, 0.4) is 0 Å². The molecule has 2 atom stereocenters. The maximum absolute atomic E-state index is 10.5. The Hall–Kier alpha value is -1.49. The van der Waals surface area contributed by atoms with E-state index in [1.165, 1.54) is 0 Å². The number of hydrogen-bond acceptors (Lipinski definition) is 3. The molecule has 2 heterocycles. The molecule has 1 aromatic rings. The number of ether oxygens (including phenoxy) is 1. The Labute approximate surface area is 137 Å². The Balaban J connectivity index is 2.13. The second-order valence-corrected chi connectivity index (χ2v) is 7.78. The van der Waals surface area contributed by atoms with Crippen molar-refractivity contribution in [2.45, 2.75) is 58.2 Å². The molecule has 2 bridgehead atoms. The van der Waals surface area contributed by atoms with Gasteiger partial charge in [-0.1, -0.05) is 20.8 Å². The van der Waals surface area contributed by atoms with Crippen molar-refractivity contribution in [3.63, 3.8) is 0 Å². The predicted octanol–water partition coefficient (Wildman–Crippen LogP) is 3.44. The molecule has 0 spiro atoms. The van der Waals surface area contributed by atoms with Crippen LogP contribution in [0.2, 0.25) is 0 Å². The van der Waals surface area contributed by atoms with Crippen LogP contribution >= 0.6 is 12.2 Å². The summed E-state index contributed by atoms with van der Waals surface area (Å²) in [5.74, 6) is 0.796. The lowest BCUT2D eigenvalue weighted by atomic mass is 9.82. The molecule has 4 nitrogen and oxygen atoms in total. The maximum atomic E-state index is 10.5. The molecule has 0 radical (unpaired) electrons. The lowest BCUT2D eigenvalue weighted by Gasteiger charge is -2.52. The van der Waals surface area contributed by atoms with Crippen molar-refractivity contribution in [3.8, 4) is 11.5 Å². The standard InChI is InChI=1S/C17H24N2O2S/c1-6-19-15(22)18-12-9-17(19,5)21-14-11(12)7-10(8-13(14)20)16(2,3)4/h7-8,12,20H,6,9H2,1-5H3,(H,18,22)/t12?,17-/m0/s1. The van der Waals surface area contributed by atoms with E-state index in [0.29, 0.717) is 10.9 Å². The van der Waals surface area contributed by atoms with Crippen molar-refractivity contribution in [2.75, 3.05) is 6.54 Å². The highest BCUT2D eigenvalue weighted by molar-refractivity contribution is 7.80. The highest BCUT2D eigenvalue weighted by Crippen LogP contribution is 2.49. The summed E-state index contributed by atoms with van der Waals surface area (Å²) in [6, 6.07) is 4.03. The minimum Gasteiger partial charge on any atom is -0.504 e. The smallest absolute Gasteiger partial charge is 0.184 e. The topological polar surface area (TPSA) is 44.7 Å². The van der Waals surface area contributed by atoms with Gasteiger partial charge in [-0.15, -0.1) is 0 Å². The number of phenolic OH excluding ortho intramolecular Hbond substituents is 1. The van der Waals surface area contributed by atoms with Crippen molar-refractivity contribution >= 4 is 17.3 Å². The molecule has 1 fully saturated rings. The van der Waals surface area contributed by atoms with E-state index in [9.17, 15) is 5.11 Å². The van der Waals surface area contributed by atoms with Crippen LogP contribution in [0.1, 0.15) is 58.2 Å². The lowest BCUT2D eigenvalue weighted by molar-refractivity contribution is -0.0674. The lowest BCUT2D eigenvalue weighted by Crippen LogP contribution is -2.64. The number of thiocarbonyl (C=S) groups is 1. The van der Waals surface area contributed by atoms with Gasteiger partial charge in [-0.25, -0.2) is 0 Å². The van der Waals surface area contributed by atoms with Crippen LogP contribution in [0, 0.1) is 0 Å². The predicted molar refractivity (Wildman–Crippen MR) is 91.3 cm³/mol. The minimum absolute atomic E-state index is 0.0299. The number of hydrogen-bond donors (Lipinski definition) is 2. The molecular formula is C17H24N2O2S. The monoisotopic (exact) mass is 320 g/mol. The summed E-state index contributed by atoms with van der Waals surface area (Å²) in [6.45, 7) is 11.3. The fraction of sp³-hybridized carbons (Fsp3) is 0.588. The van der Waals surface area contributed by atoms with E-state index >= 15 is 0 Å². The van der Waals surface area contributed by atoms with Crippen molar-refractivity contribution in [1.82, 2.24) is 10.2 Å². The van der Waals surface area contributed by atoms with Crippen LogP contribution in [0.4, 0.5) is 0 Å². The van der Waals surface area contributed by atoms with E-state index in [1.54, 1.807) is 0 Å². The summed E-state index contributed by atoms with van der Waals surface area (Å²) in [6.07, 6.45) is 0.807. The first kappa shape index (κ1) is 15.4. The molecule has 1 unspecified atom stereocenters. The Morgan fingerprint density at radius 1 is 1.45 bits per heavy atom. The van der Waals surface area contributed by atoms with Gasteiger partial charge in [0.25, 0.3) is 0 Å². The first-order valence-corrected chi connectivity index (χ1v) is 8.21. The van der Waals surface area contributed by atoms with Crippen molar-refractivity contribution < 1.29 is 9.84 Å². The van der Waals surface area contributed by atoms with Gasteiger partial charge in [0.05, 0.1) is 6.04 Å². The largest absolute Gasteiger partial charge is 0.504 e. The van der Waals surface area contributed by atoms with Gasteiger partial charge in [0.2, 0.25) is 0 Å². The third-order valence-corrected chi connectivity index (χ3v) is 5.01. The molecule has 3 rings (SSSR count). The highest BCUT2D eigenvalue weighted by Gasteiger charge is 2.48. The molecule has 5 heteroatoms. The molecule has 0 amide bonds. The van der Waals surface area contributed by atoms with Gasteiger partial charge in [0.15, 0.2) is 22.3 Å². The summed E-state index contributed by atoms with van der Waals surface area (Å²) >= 11 is 5.49. The Morgan fingerprint density at radius 2 is 2.14 bits per heavy atom. The fourth-order valence-electron chi connectivity index (χ4n) is 3.40. The van der Waals surface area contributed by atoms with Crippen LogP contribution < -0.4 is 10.1 Å². The van der Waals surface area contributed by atoms with Crippen molar-refractivity contribution in [3.05, 3.63) is 23.3 Å². The molecule has 0 aliphatic carbocycles. The van der Waals surface area contributed by atoms with Crippen LogP contribution in [-0.2, 0) is 5.41 Å². The zero-order chi connectivity index (χ0) is 16.3. The third kappa shape index (κ3) is 2.22. The van der Waals surface area contributed by atoms with E-state index in [0.717, 1.165) is 24.1 Å². The number of benzene rings is 1. The van der Waals surface area contributed by atoms with Gasteiger partial charge in [-0.2, -0.15) is 0 Å². The van der Waals surface area contributed by atoms with Crippen molar-refractivity contribution in [2.24, 2.45) is 0 Å². The first-order chi connectivity index (χ1) is 10.2. The summed E-state index contributed by atoms with van der Waals surface area (Å²) in [5.41, 5.74) is 1.56. The van der Waals surface area contributed by atoms with Gasteiger partial charge >= 0.3 is 0 Å². The SMILES string of the molecule is CCN1C(=S)NC2C[C@]1(C)Oc1c(O)cc(C(C)(C)C)cc12. The summed E-state index contributed by atoms with van der Waals surface area (Å²) in [4.78, 5) is 2.04. The Morgan fingerprint density at radius 3 is 2.73 bits per heavy atom. The maximum Gasteiger partial charge on any atom is 0.184 e. The third-order valence-electron chi connectivity index (χ3n) is 4.67. The molecule has 2 aliphatic heterocycles. The van der Waals surface area contributed by atoms with E-state index < -0.39 is 5.72 Å². The fourth-order valence-corrected chi connectivity index (χ4v) is 3.87. The van der Waals surface area contributed by atoms with E-state index in [-0.39, 0.29) is 17.2 Å². The van der Waals surface area contributed by atoms with E-state index in [1.807, 2.05) is 17.9 Å². The summed E-state index contributed by atoms with van der Waals surface area (Å²) in [5, 5.41) is 14.6. The average Bonchev–Trinajstić information content (AvgIpc) is 2.38. The number of fused-ring (bicyclic) bond motifs is 4. The summed E-state index contributed by atoms with van der Waals surface area (Å²) < 4.78 is 6.21. The van der Waals surface area contributed by atoms with Crippen LogP contribution in [0.15, 0.2) is 12.1 Å². The van der Waals surface area contributed by atoms with E-state index in [4.69, 9.17) is 17.0 Å². The molecule has 0 saturated carbocycles. The highest BCUT2D eigenvalue weighted by atomic mass is 32.1. The Kier molecular flexibility index (Phi) is 3.33. The van der Waals surface area contributed by atoms with Gasteiger partial charge in [0.1, 0.15) is 0 Å². The van der Waals surface area contributed by atoms with Crippen LogP contribution in [0.25, 0.3) is 0 Å². The normalized spacial score (nSPS) is 27.0. The second kappa shape index (κ2) is 4.75. The van der Waals surface area contributed by atoms with Crippen LogP contribution in [-0.4, -0.2) is 27.4 Å². The van der Waals surface area contributed by atoms with Gasteiger partial charge in [-0.3, -0.25) is 0 Å². The van der Waals surface area contributed by atoms with Gasteiger partial charge < -0.3 is 20.1 Å². The number of nitrogens with one attached hydrogen (secondary N) is 1. The molecular weight excluding hydrogens is 296 g/mol. The molecule has 2 aliphatic rings. The van der Waals surface area contributed by atoms with E-state index in [2.05, 4.69) is 39.1 Å². The second-order valence-electron chi connectivity index (χ2n) is 7.39. The summed E-state index contributed by atoms with van der Waals surface area (Å²) in [7, 11) is 0. The number of rotatable bonds is 1. The van der Waals surface area contributed by atoms with Gasteiger partial charge in [0, 0.05) is 18.5 Å². The molecule has 1 saturated heterocycles. The average molecular weight is 320 g/mol. The zero-order valence-electron chi connectivity index (χ0n) is 13.9. The van der Waals surface area contributed by atoms with Crippen molar-refractivity contribution in [1.29, 1.82) is 0 Å². The van der Waals surface area contributed by atoms with Crippen LogP contribution in [0.5, 0.6) is 11.5 Å². The molecule has 0 aromatic heterocycles. The number of aromatic hydroxyl groups is 1. The van der Waals surface area contributed by atoms with Gasteiger partial charge in [-0.05, 0) is 49.2 Å².